The minimum Gasteiger partial charge on any atom is -0.328 e. The third-order valence-electron chi connectivity index (χ3n) is 5.38. The minimum atomic E-state index is -3.53. The Kier molecular flexibility index (Phi) is 5.06. The van der Waals surface area contributed by atoms with Crippen molar-refractivity contribution in [2.75, 3.05) is 14.1 Å². The molecule has 1 aliphatic rings. The number of rotatable bonds is 4. The molecule has 0 aliphatic carbocycles. The van der Waals surface area contributed by atoms with Gasteiger partial charge < -0.3 is 9.47 Å². The van der Waals surface area contributed by atoms with Gasteiger partial charge >= 0.3 is 0 Å². The SMILES string of the molecule is CN(C)S(=O)(=O)c1ccc(C(=O)N2Cc3nn(C(C)(C)C)c(-n4cccc4)c3C2)cc1. The minimum absolute atomic E-state index is 0.146. The molecule has 0 N–H and O–H groups in total. The van der Waals surface area contributed by atoms with Crippen molar-refractivity contribution in [3.8, 4) is 5.82 Å². The molecular formula is C22H27N5O3S. The Bertz CT molecular complexity index is 1220. The molecule has 0 saturated carbocycles. The Balaban J connectivity index is 1.62. The predicted octanol–water partition coefficient (Wildman–Crippen LogP) is 2.84. The zero-order chi connectivity index (χ0) is 22.6. The zero-order valence-corrected chi connectivity index (χ0v) is 19.2. The van der Waals surface area contributed by atoms with Gasteiger partial charge in [-0.3, -0.25) is 4.79 Å². The molecule has 3 heterocycles. The maximum atomic E-state index is 13.1. The second-order valence-corrected chi connectivity index (χ2v) is 11.0. The van der Waals surface area contributed by atoms with Crippen LogP contribution in [-0.4, -0.2) is 52.0 Å². The number of hydrogen-bond acceptors (Lipinski definition) is 4. The van der Waals surface area contributed by atoms with E-state index in [2.05, 4.69) is 20.8 Å². The average Bonchev–Trinajstić information content (AvgIpc) is 3.42. The third kappa shape index (κ3) is 3.68. The number of amides is 1. The molecule has 0 bridgehead atoms. The average molecular weight is 442 g/mol. The highest BCUT2D eigenvalue weighted by molar-refractivity contribution is 7.89. The summed E-state index contributed by atoms with van der Waals surface area (Å²) < 4.78 is 29.7. The molecule has 9 heteroatoms. The first-order valence-corrected chi connectivity index (χ1v) is 11.5. The number of nitrogens with zero attached hydrogens (tertiary/aromatic N) is 5. The van der Waals surface area contributed by atoms with Crippen molar-refractivity contribution in [2.45, 2.75) is 44.3 Å². The number of hydrogen-bond donors (Lipinski definition) is 0. The van der Waals surface area contributed by atoms with E-state index in [1.54, 1.807) is 17.0 Å². The highest BCUT2D eigenvalue weighted by atomic mass is 32.2. The summed E-state index contributed by atoms with van der Waals surface area (Å²) in [6, 6.07) is 10.0. The van der Waals surface area contributed by atoms with Crippen LogP contribution in [0.2, 0.25) is 0 Å². The normalized spacial score (nSPS) is 14.3. The molecular weight excluding hydrogens is 414 g/mol. The van der Waals surface area contributed by atoms with Crippen molar-refractivity contribution >= 4 is 15.9 Å². The molecule has 1 aromatic carbocycles. The Labute approximate surface area is 182 Å². The quantitative estimate of drug-likeness (QED) is 0.624. The summed E-state index contributed by atoms with van der Waals surface area (Å²) in [4.78, 5) is 15.0. The highest BCUT2D eigenvalue weighted by Crippen LogP contribution is 2.32. The van der Waals surface area contributed by atoms with E-state index < -0.39 is 10.0 Å². The van der Waals surface area contributed by atoms with Crippen LogP contribution in [0.4, 0.5) is 0 Å². The molecule has 31 heavy (non-hydrogen) atoms. The number of fused-ring (bicyclic) bond motifs is 1. The summed E-state index contributed by atoms with van der Waals surface area (Å²) in [7, 11) is -0.567. The van der Waals surface area contributed by atoms with Crippen LogP contribution < -0.4 is 0 Å². The van der Waals surface area contributed by atoms with Crippen molar-refractivity contribution in [3.63, 3.8) is 0 Å². The molecule has 4 rings (SSSR count). The Morgan fingerprint density at radius 3 is 2.19 bits per heavy atom. The summed E-state index contributed by atoms with van der Waals surface area (Å²) >= 11 is 0. The molecule has 1 amide bonds. The number of benzene rings is 1. The Morgan fingerprint density at radius 1 is 1.03 bits per heavy atom. The fourth-order valence-corrected chi connectivity index (χ4v) is 4.62. The predicted molar refractivity (Wildman–Crippen MR) is 117 cm³/mol. The van der Waals surface area contributed by atoms with E-state index in [1.165, 1.54) is 26.2 Å². The number of aromatic nitrogens is 3. The lowest BCUT2D eigenvalue weighted by atomic mass is 10.1. The monoisotopic (exact) mass is 441 g/mol. The first-order chi connectivity index (χ1) is 14.5. The maximum absolute atomic E-state index is 13.1. The van der Waals surface area contributed by atoms with Gasteiger partial charge in [0.15, 0.2) is 0 Å². The molecule has 8 nitrogen and oxygen atoms in total. The van der Waals surface area contributed by atoms with Crippen molar-refractivity contribution in [3.05, 3.63) is 65.6 Å². The van der Waals surface area contributed by atoms with Crippen molar-refractivity contribution in [2.24, 2.45) is 0 Å². The van der Waals surface area contributed by atoms with Crippen LogP contribution in [-0.2, 0) is 28.7 Å². The maximum Gasteiger partial charge on any atom is 0.254 e. The van der Waals surface area contributed by atoms with Crippen LogP contribution in [0.15, 0.2) is 53.7 Å². The summed E-state index contributed by atoms with van der Waals surface area (Å²) in [6.07, 6.45) is 3.96. The van der Waals surface area contributed by atoms with Crippen LogP contribution in [0.25, 0.3) is 5.82 Å². The lowest BCUT2D eigenvalue weighted by molar-refractivity contribution is 0.0748. The first kappa shape index (κ1) is 21.3. The van der Waals surface area contributed by atoms with Crippen molar-refractivity contribution < 1.29 is 13.2 Å². The third-order valence-corrected chi connectivity index (χ3v) is 7.21. The van der Waals surface area contributed by atoms with Gasteiger partial charge in [0.25, 0.3) is 5.91 Å². The van der Waals surface area contributed by atoms with Gasteiger partial charge in [-0.15, -0.1) is 0 Å². The van der Waals surface area contributed by atoms with E-state index >= 15 is 0 Å². The van der Waals surface area contributed by atoms with E-state index in [0.717, 1.165) is 21.4 Å². The van der Waals surface area contributed by atoms with E-state index in [0.29, 0.717) is 18.7 Å². The molecule has 0 radical (unpaired) electrons. The number of carbonyl (C=O) groups is 1. The molecule has 1 aliphatic heterocycles. The Morgan fingerprint density at radius 2 is 1.65 bits per heavy atom. The van der Waals surface area contributed by atoms with Crippen LogP contribution in [0, 0.1) is 0 Å². The van der Waals surface area contributed by atoms with Gasteiger partial charge in [-0.2, -0.15) is 5.10 Å². The second kappa shape index (κ2) is 7.35. The van der Waals surface area contributed by atoms with E-state index in [9.17, 15) is 13.2 Å². The lowest BCUT2D eigenvalue weighted by Gasteiger charge is -2.24. The molecule has 0 unspecified atom stereocenters. The van der Waals surface area contributed by atoms with E-state index in [4.69, 9.17) is 5.10 Å². The van der Waals surface area contributed by atoms with Crippen molar-refractivity contribution in [1.82, 2.24) is 23.6 Å². The molecule has 3 aromatic rings. The second-order valence-electron chi connectivity index (χ2n) is 8.89. The summed E-state index contributed by atoms with van der Waals surface area (Å²) in [5, 5.41) is 4.83. The summed E-state index contributed by atoms with van der Waals surface area (Å²) in [6.45, 7) is 7.19. The summed E-state index contributed by atoms with van der Waals surface area (Å²) in [5.74, 6) is 0.822. The van der Waals surface area contributed by atoms with Gasteiger partial charge in [-0.05, 0) is 57.2 Å². The molecule has 164 valence electrons. The zero-order valence-electron chi connectivity index (χ0n) is 18.4. The van der Waals surface area contributed by atoms with Gasteiger partial charge in [0.1, 0.15) is 5.82 Å². The summed E-state index contributed by atoms with van der Waals surface area (Å²) in [5.41, 5.74) is 2.17. The van der Waals surface area contributed by atoms with E-state index in [-0.39, 0.29) is 16.3 Å². The molecule has 0 saturated heterocycles. The lowest BCUT2D eigenvalue weighted by Crippen LogP contribution is -2.29. The van der Waals surface area contributed by atoms with Gasteiger partial charge in [0, 0.05) is 37.6 Å². The largest absolute Gasteiger partial charge is 0.328 e. The molecule has 0 fully saturated rings. The fourth-order valence-electron chi connectivity index (χ4n) is 3.72. The van der Waals surface area contributed by atoms with Gasteiger partial charge in [0.2, 0.25) is 10.0 Å². The smallest absolute Gasteiger partial charge is 0.254 e. The topological polar surface area (TPSA) is 80.4 Å². The van der Waals surface area contributed by atoms with Gasteiger partial charge in [-0.25, -0.2) is 17.4 Å². The molecule has 2 aromatic heterocycles. The Hall–Kier alpha value is -2.91. The van der Waals surface area contributed by atoms with Crippen molar-refractivity contribution in [1.29, 1.82) is 0 Å². The molecule has 0 atom stereocenters. The van der Waals surface area contributed by atoms with E-state index in [1.807, 2.05) is 33.8 Å². The first-order valence-electron chi connectivity index (χ1n) is 10.1. The van der Waals surface area contributed by atoms with Gasteiger partial charge in [0.05, 0.1) is 29.2 Å². The van der Waals surface area contributed by atoms with Crippen LogP contribution in [0.5, 0.6) is 0 Å². The van der Waals surface area contributed by atoms with Gasteiger partial charge in [-0.1, -0.05) is 0 Å². The highest BCUT2D eigenvalue weighted by Gasteiger charge is 2.34. The van der Waals surface area contributed by atoms with Crippen LogP contribution in [0.3, 0.4) is 0 Å². The fraction of sp³-hybridized carbons (Fsp3) is 0.364. The van der Waals surface area contributed by atoms with Crippen LogP contribution >= 0.6 is 0 Å². The number of carbonyl (C=O) groups excluding carboxylic acids is 1. The standard InChI is InChI=1S/C22H27N5O3S/c1-22(2,3)27-20(25-12-6-7-13-25)18-14-26(15-19(18)23-27)21(28)16-8-10-17(11-9-16)31(29,30)24(4)5/h6-13H,14-15H2,1-5H3. The molecule has 0 spiro atoms. The number of sulfonamides is 1. The van der Waals surface area contributed by atoms with Crippen LogP contribution in [0.1, 0.15) is 42.4 Å².